The zero-order valence-electron chi connectivity index (χ0n) is 23.4. The second kappa shape index (κ2) is 7.82. The van der Waals surface area contributed by atoms with Crippen molar-refractivity contribution in [1.82, 2.24) is 0 Å². The van der Waals surface area contributed by atoms with E-state index in [0.29, 0.717) is 18.3 Å². The first-order valence-corrected chi connectivity index (χ1v) is 11.5. The number of methoxy groups -OCH3 is 1. The molecular weight excluding hydrogens is 364 g/mol. The number of carbonyl (C=O) groups excluding carboxylic acids is 1. The molecule has 4 aliphatic carbocycles. The van der Waals surface area contributed by atoms with Crippen molar-refractivity contribution in [2.45, 2.75) is 97.1 Å². The number of hydrogen-bond acceptors (Lipinski definition) is 4. The molecule has 29 heavy (non-hydrogen) atoms. The Hall–Kier alpha value is -0.610. The Bertz CT molecular complexity index is 819. The minimum Gasteiger partial charge on any atom is -0.469 e. The minimum atomic E-state index is -2.85. The third kappa shape index (κ3) is 3.46. The van der Waals surface area contributed by atoms with E-state index in [0.717, 1.165) is 32.1 Å². The molecule has 0 spiro atoms. The third-order valence-electron chi connectivity index (χ3n) is 9.64. The van der Waals surface area contributed by atoms with Crippen LogP contribution in [-0.4, -0.2) is 35.5 Å². The third-order valence-corrected chi connectivity index (χ3v) is 9.64. The van der Waals surface area contributed by atoms with Crippen LogP contribution in [0.4, 0.5) is 0 Å². The van der Waals surface area contributed by atoms with E-state index >= 15 is 0 Å². The molecule has 166 valence electrons. The second-order valence-corrected chi connectivity index (χ2v) is 10.8. The number of ether oxygens (including phenoxy) is 1. The van der Waals surface area contributed by atoms with Gasteiger partial charge in [-0.15, -0.1) is 0 Å². The average molecular weight is 412 g/mol. The number of fused-ring (bicyclic) bond motifs is 5. The van der Waals surface area contributed by atoms with Crippen LogP contribution in [0.15, 0.2) is 0 Å². The zero-order chi connectivity index (χ0) is 25.5. The molecule has 0 aliphatic heterocycles. The van der Waals surface area contributed by atoms with Gasteiger partial charge in [0, 0.05) is 11.9 Å². The second-order valence-electron chi connectivity index (χ2n) is 10.8. The Balaban J connectivity index is 1.63. The molecule has 0 saturated heterocycles. The molecule has 4 fully saturated rings. The van der Waals surface area contributed by atoms with Crippen LogP contribution < -0.4 is 0 Å². The molecule has 4 saturated carbocycles. The van der Waals surface area contributed by atoms with E-state index in [-0.39, 0.29) is 42.0 Å². The van der Waals surface area contributed by atoms with Gasteiger partial charge in [0.2, 0.25) is 0 Å². The van der Waals surface area contributed by atoms with Crippen LogP contribution in [0.1, 0.15) is 91.7 Å². The van der Waals surface area contributed by atoms with Gasteiger partial charge in [0.05, 0.1) is 20.7 Å². The number of aliphatic hydroxyl groups excluding tert-OH is 1. The fourth-order valence-electron chi connectivity index (χ4n) is 8.02. The van der Waals surface area contributed by atoms with Crippen molar-refractivity contribution in [3.63, 3.8) is 0 Å². The van der Waals surface area contributed by atoms with Crippen molar-refractivity contribution < 1.29 is 26.6 Å². The van der Waals surface area contributed by atoms with Gasteiger partial charge in [-0.1, -0.05) is 20.8 Å². The first-order valence-electron chi connectivity index (χ1n) is 14.0. The molecule has 4 nitrogen and oxygen atoms in total. The first-order chi connectivity index (χ1) is 15.5. The molecule has 0 aromatic rings. The van der Waals surface area contributed by atoms with E-state index in [9.17, 15) is 15.0 Å². The van der Waals surface area contributed by atoms with Crippen molar-refractivity contribution in [2.75, 3.05) is 7.11 Å². The summed E-state index contributed by atoms with van der Waals surface area (Å²) in [6.07, 6.45) is -3.44. The minimum absolute atomic E-state index is 0.0176. The van der Waals surface area contributed by atoms with Gasteiger partial charge < -0.3 is 14.9 Å². The lowest BCUT2D eigenvalue weighted by Gasteiger charge is -2.62. The lowest BCUT2D eigenvalue weighted by atomic mass is 9.43. The molecule has 0 radical (unpaired) electrons. The monoisotopic (exact) mass is 411 g/mol. The number of hydrogen-bond donors (Lipinski definition) is 2. The van der Waals surface area contributed by atoms with E-state index in [2.05, 4.69) is 13.8 Å². The molecule has 4 aliphatic rings. The lowest BCUT2D eigenvalue weighted by Crippen LogP contribution is -2.58. The highest BCUT2D eigenvalue weighted by molar-refractivity contribution is 5.69. The van der Waals surface area contributed by atoms with Crippen LogP contribution in [0, 0.1) is 46.3 Å². The van der Waals surface area contributed by atoms with Crippen molar-refractivity contribution in [2.24, 2.45) is 46.3 Å². The van der Waals surface area contributed by atoms with Gasteiger partial charge in [-0.05, 0) is 104 Å². The van der Waals surface area contributed by atoms with Crippen LogP contribution in [0.2, 0.25) is 0 Å². The largest absolute Gasteiger partial charge is 0.469 e. The van der Waals surface area contributed by atoms with Crippen molar-refractivity contribution in [3.05, 3.63) is 0 Å². The maximum atomic E-state index is 11.7. The fraction of sp³-hybridized carbons (Fsp3) is 0.960. The Labute approximate surface area is 183 Å². The zero-order valence-corrected chi connectivity index (χ0v) is 18.4. The molecule has 2 N–H and O–H groups in total. The molecule has 0 amide bonds. The van der Waals surface area contributed by atoms with Gasteiger partial charge in [-0.25, -0.2) is 0 Å². The Morgan fingerprint density at radius 2 is 1.93 bits per heavy atom. The molecule has 0 bridgehead atoms. The number of rotatable bonds is 4. The maximum Gasteiger partial charge on any atom is 0.305 e. The number of aliphatic hydroxyl groups is 2. The Kier molecular flexibility index (Phi) is 4.34. The van der Waals surface area contributed by atoms with Gasteiger partial charge >= 0.3 is 5.97 Å². The summed E-state index contributed by atoms with van der Waals surface area (Å²) in [6, 6.07) is 0. The molecule has 10 atom stereocenters. The van der Waals surface area contributed by atoms with Crippen LogP contribution >= 0.6 is 0 Å². The SMILES string of the molecule is [2H]C1([2H])C[C@@]2(C)[C@H](C[C@H](O)[C@@H]3[C@@H]2CC[C@]2(C)[C@@H]([C@H](C)CCC(=O)OC)CC[C@@H]32)C([2H])([2H])[C@@]1([2H])O. The van der Waals surface area contributed by atoms with Gasteiger partial charge in [0.1, 0.15) is 0 Å². The van der Waals surface area contributed by atoms with E-state index in [4.69, 9.17) is 11.6 Å². The summed E-state index contributed by atoms with van der Waals surface area (Å²) in [5.74, 6) is -0.00573. The molecular formula is C25H42O4. The lowest BCUT2D eigenvalue weighted by molar-refractivity contribution is -0.174. The molecule has 0 unspecified atom stereocenters. The average Bonchev–Trinajstić information content (AvgIpc) is 3.09. The molecule has 0 heterocycles. The summed E-state index contributed by atoms with van der Waals surface area (Å²) in [5, 5.41) is 22.1. The van der Waals surface area contributed by atoms with Gasteiger partial charge in [-0.2, -0.15) is 0 Å². The normalized spacial score (nSPS) is 58.8. The fourth-order valence-corrected chi connectivity index (χ4v) is 8.02. The molecule has 0 aromatic carbocycles. The summed E-state index contributed by atoms with van der Waals surface area (Å²) in [7, 11) is 1.41. The highest BCUT2D eigenvalue weighted by Crippen LogP contribution is 2.68. The predicted molar refractivity (Wildman–Crippen MR) is 113 cm³/mol. The summed E-state index contributed by atoms with van der Waals surface area (Å²) in [5.41, 5.74) is -0.718. The highest BCUT2D eigenvalue weighted by atomic mass is 16.5. The van der Waals surface area contributed by atoms with E-state index in [1.807, 2.05) is 6.92 Å². The predicted octanol–water partition coefficient (Wildman–Crippen LogP) is 4.57. The van der Waals surface area contributed by atoms with E-state index in [1.54, 1.807) is 0 Å². The number of esters is 1. The van der Waals surface area contributed by atoms with Crippen LogP contribution in [0.25, 0.3) is 0 Å². The van der Waals surface area contributed by atoms with Crippen molar-refractivity contribution >= 4 is 5.97 Å². The summed E-state index contributed by atoms with van der Waals surface area (Å²) in [6.45, 7) is 6.48. The number of carbonyl (C=O) groups is 1. The van der Waals surface area contributed by atoms with Crippen molar-refractivity contribution in [1.29, 1.82) is 0 Å². The van der Waals surface area contributed by atoms with Gasteiger partial charge in [0.15, 0.2) is 0 Å². The molecule has 4 heteroatoms. The van der Waals surface area contributed by atoms with Gasteiger partial charge in [0.25, 0.3) is 0 Å². The van der Waals surface area contributed by atoms with E-state index < -0.39 is 36.3 Å². The molecule has 4 rings (SSSR count). The summed E-state index contributed by atoms with van der Waals surface area (Å²) in [4.78, 5) is 11.7. The van der Waals surface area contributed by atoms with Crippen LogP contribution in [-0.2, 0) is 9.53 Å². The smallest absolute Gasteiger partial charge is 0.305 e. The van der Waals surface area contributed by atoms with Gasteiger partial charge in [-0.3, -0.25) is 4.79 Å². The first kappa shape index (κ1) is 16.1. The van der Waals surface area contributed by atoms with E-state index in [1.165, 1.54) is 7.11 Å². The summed E-state index contributed by atoms with van der Waals surface area (Å²) < 4.78 is 47.2. The van der Waals surface area contributed by atoms with Crippen molar-refractivity contribution in [3.8, 4) is 0 Å². The topological polar surface area (TPSA) is 66.8 Å². The van der Waals surface area contributed by atoms with Crippen LogP contribution in [0.5, 0.6) is 0 Å². The standard InChI is InChI=1S/C25H42O4/c1-15(5-8-22(28)29-4)18-6-7-19-23-20(10-12-25(18,19)3)24(2)11-9-17(26)13-16(24)14-21(23)27/h15-21,23,26-27H,5-14H2,1-4H3/t15-,16+,17+,18-,19+,20+,21+,23+,24+,25-/m1/s1/i9D2,13D2,17D. The molecule has 0 aromatic heterocycles. The highest BCUT2D eigenvalue weighted by Gasteiger charge is 2.62. The quantitative estimate of drug-likeness (QED) is 0.665. The van der Waals surface area contributed by atoms with Crippen LogP contribution in [0.3, 0.4) is 0 Å². The Morgan fingerprint density at radius 1 is 1.21 bits per heavy atom. The summed E-state index contributed by atoms with van der Waals surface area (Å²) >= 11 is 0. The Morgan fingerprint density at radius 3 is 2.66 bits per heavy atom. The maximum absolute atomic E-state index is 11.7.